The van der Waals surface area contributed by atoms with E-state index in [2.05, 4.69) is 21.6 Å². The zero-order chi connectivity index (χ0) is 18.5. The summed E-state index contributed by atoms with van der Waals surface area (Å²) in [4.78, 5) is 14.5. The quantitative estimate of drug-likeness (QED) is 0.801. The lowest BCUT2D eigenvalue weighted by Crippen LogP contribution is -2.47. The second-order valence-electron chi connectivity index (χ2n) is 7.49. The first-order valence-electron chi connectivity index (χ1n) is 10.1. The van der Waals surface area contributed by atoms with Crippen LogP contribution in [-0.4, -0.2) is 59.6 Å². The van der Waals surface area contributed by atoms with Crippen molar-refractivity contribution >= 4 is 11.7 Å². The van der Waals surface area contributed by atoms with E-state index in [1.54, 1.807) is 6.07 Å². The highest BCUT2D eigenvalue weighted by Crippen LogP contribution is 2.31. The molecule has 1 aromatic heterocycles. The van der Waals surface area contributed by atoms with E-state index in [1.807, 2.05) is 11.0 Å². The maximum atomic E-state index is 12.6. The number of allylic oxidation sites excluding steroid dienone is 1. The number of piperidine rings is 1. The lowest BCUT2D eigenvalue weighted by atomic mass is 9.97. The summed E-state index contributed by atoms with van der Waals surface area (Å²) in [5.74, 6) is 0.173. The summed E-state index contributed by atoms with van der Waals surface area (Å²) in [6, 6.07) is 3.59. The molecule has 0 unspecified atom stereocenters. The van der Waals surface area contributed by atoms with Crippen LogP contribution in [0, 0.1) is 0 Å². The van der Waals surface area contributed by atoms with Crippen LogP contribution in [0.25, 0.3) is 0 Å². The highest BCUT2D eigenvalue weighted by molar-refractivity contribution is 5.92. The molecule has 1 N–H and O–H groups in total. The van der Waals surface area contributed by atoms with Gasteiger partial charge in [-0.1, -0.05) is 11.6 Å². The third-order valence-electron chi connectivity index (χ3n) is 5.65. The van der Waals surface area contributed by atoms with Crippen molar-refractivity contribution in [2.24, 2.45) is 0 Å². The van der Waals surface area contributed by atoms with Crippen LogP contribution in [0.3, 0.4) is 0 Å². The van der Waals surface area contributed by atoms with Gasteiger partial charge in [-0.25, -0.2) is 0 Å². The van der Waals surface area contributed by atoms with Crippen molar-refractivity contribution in [3.05, 3.63) is 29.5 Å². The van der Waals surface area contributed by atoms with Gasteiger partial charge in [0.25, 0.3) is 5.91 Å². The van der Waals surface area contributed by atoms with Gasteiger partial charge in [0.1, 0.15) is 5.82 Å². The van der Waals surface area contributed by atoms with Gasteiger partial charge in [-0.2, -0.15) is 0 Å². The highest BCUT2D eigenvalue weighted by atomic mass is 16.7. The molecule has 3 aliphatic rings. The summed E-state index contributed by atoms with van der Waals surface area (Å²) in [7, 11) is 0. The van der Waals surface area contributed by atoms with Crippen LogP contribution in [0.1, 0.15) is 55.4 Å². The van der Waals surface area contributed by atoms with Gasteiger partial charge in [0, 0.05) is 32.5 Å². The Hall–Kier alpha value is -1.99. The van der Waals surface area contributed by atoms with E-state index >= 15 is 0 Å². The summed E-state index contributed by atoms with van der Waals surface area (Å²) in [5, 5.41) is 11.6. The maximum Gasteiger partial charge on any atom is 0.274 e. The monoisotopic (exact) mass is 372 g/mol. The number of amides is 1. The van der Waals surface area contributed by atoms with Crippen LogP contribution in [0.5, 0.6) is 0 Å². The Balaban J connectivity index is 1.25. The van der Waals surface area contributed by atoms with E-state index in [0.717, 1.165) is 13.0 Å². The Bertz CT molecular complexity index is 673. The largest absolute Gasteiger partial charge is 0.368 e. The third kappa shape index (κ3) is 4.47. The predicted molar refractivity (Wildman–Crippen MR) is 101 cm³/mol. The average Bonchev–Trinajstić information content (AvgIpc) is 3.17. The summed E-state index contributed by atoms with van der Waals surface area (Å²) < 4.78 is 11.4. The van der Waals surface area contributed by atoms with Gasteiger partial charge in [0.05, 0.1) is 13.2 Å². The molecule has 0 bridgehead atoms. The number of carbonyl (C=O) groups is 1. The number of rotatable bonds is 5. The number of anilines is 1. The zero-order valence-electron chi connectivity index (χ0n) is 15.8. The first kappa shape index (κ1) is 18.4. The minimum Gasteiger partial charge on any atom is -0.368 e. The molecule has 4 rings (SSSR count). The Labute approximate surface area is 160 Å². The van der Waals surface area contributed by atoms with E-state index in [4.69, 9.17) is 9.47 Å². The van der Waals surface area contributed by atoms with Crippen molar-refractivity contribution in [1.82, 2.24) is 15.1 Å². The van der Waals surface area contributed by atoms with Gasteiger partial charge in [0.15, 0.2) is 11.5 Å². The van der Waals surface area contributed by atoms with Crippen molar-refractivity contribution in [1.29, 1.82) is 0 Å². The molecule has 27 heavy (non-hydrogen) atoms. The van der Waals surface area contributed by atoms with E-state index in [1.165, 1.54) is 31.3 Å². The molecule has 0 aromatic carbocycles. The van der Waals surface area contributed by atoms with E-state index in [-0.39, 0.29) is 5.91 Å². The Morgan fingerprint density at radius 3 is 2.63 bits per heavy atom. The number of aromatic nitrogens is 2. The summed E-state index contributed by atoms with van der Waals surface area (Å²) in [6.07, 6.45) is 9.87. The van der Waals surface area contributed by atoms with Crippen LogP contribution in [0.4, 0.5) is 5.82 Å². The van der Waals surface area contributed by atoms with Crippen molar-refractivity contribution in [2.45, 2.75) is 50.7 Å². The van der Waals surface area contributed by atoms with Crippen molar-refractivity contribution in [3.63, 3.8) is 0 Å². The number of nitrogens with zero attached hydrogens (tertiary/aromatic N) is 3. The maximum absolute atomic E-state index is 12.6. The van der Waals surface area contributed by atoms with Crippen molar-refractivity contribution in [3.8, 4) is 0 Å². The Morgan fingerprint density at radius 2 is 1.96 bits per heavy atom. The number of hydrogen-bond acceptors (Lipinski definition) is 6. The first-order valence-corrected chi connectivity index (χ1v) is 10.1. The third-order valence-corrected chi connectivity index (χ3v) is 5.65. The topological polar surface area (TPSA) is 76.6 Å². The molecule has 1 spiro atoms. The normalized spacial score (nSPS) is 21.9. The Kier molecular flexibility index (Phi) is 5.69. The molecule has 2 aliphatic heterocycles. The SMILES string of the molecule is O=C(c1ccc(NCCC2=CCCCC2)nn1)N1CCC2(CC1)OCCO2. The molecule has 0 atom stereocenters. The van der Waals surface area contributed by atoms with Crippen LogP contribution < -0.4 is 5.32 Å². The van der Waals surface area contributed by atoms with Crippen molar-refractivity contribution in [2.75, 3.05) is 38.2 Å². The first-order chi connectivity index (χ1) is 13.2. The van der Waals surface area contributed by atoms with Gasteiger partial charge in [0.2, 0.25) is 0 Å². The summed E-state index contributed by atoms with van der Waals surface area (Å²) in [5.41, 5.74) is 1.92. The number of ether oxygens (including phenoxy) is 2. The van der Waals surface area contributed by atoms with E-state index in [9.17, 15) is 4.79 Å². The van der Waals surface area contributed by atoms with E-state index in [0.29, 0.717) is 50.7 Å². The molecule has 1 aliphatic carbocycles. The molecule has 0 saturated carbocycles. The van der Waals surface area contributed by atoms with Gasteiger partial charge in [-0.3, -0.25) is 4.79 Å². The lowest BCUT2D eigenvalue weighted by Gasteiger charge is -2.37. The van der Waals surface area contributed by atoms with Gasteiger partial charge in [-0.05, 0) is 44.2 Å². The number of nitrogens with one attached hydrogen (secondary N) is 1. The summed E-state index contributed by atoms with van der Waals surface area (Å²) in [6.45, 7) is 3.38. The highest BCUT2D eigenvalue weighted by Gasteiger charge is 2.41. The Morgan fingerprint density at radius 1 is 1.15 bits per heavy atom. The number of likely N-dealkylation sites (tertiary alicyclic amines) is 1. The number of hydrogen-bond donors (Lipinski definition) is 1. The van der Waals surface area contributed by atoms with Crippen LogP contribution in [-0.2, 0) is 9.47 Å². The average molecular weight is 372 g/mol. The molecule has 7 heteroatoms. The molecule has 2 fully saturated rings. The molecule has 1 amide bonds. The van der Waals surface area contributed by atoms with Crippen LogP contribution in [0.15, 0.2) is 23.8 Å². The molecule has 2 saturated heterocycles. The molecule has 7 nitrogen and oxygen atoms in total. The fourth-order valence-electron chi connectivity index (χ4n) is 4.02. The molecule has 1 aromatic rings. The summed E-state index contributed by atoms with van der Waals surface area (Å²) >= 11 is 0. The van der Waals surface area contributed by atoms with Crippen LogP contribution >= 0.6 is 0 Å². The van der Waals surface area contributed by atoms with Gasteiger partial charge < -0.3 is 19.7 Å². The molecular weight excluding hydrogens is 344 g/mol. The van der Waals surface area contributed by atoms with Crippen LogP contribution in [0.2, 0.25) is 0 Å². The molecule has 3 heterocycles. The van der Waals surface area contributed by atoms with E-state index < -0.39 is 5.79 Å². The van der Waals surface area contributed by atoms with Gasteiger partial charge >= 0.3 is 0 Å². The van der Waals surface area contributed by atoms with Crippen molar-refractivity contribution < 1.29 is 14.3 Å². The second-order valence-corrected chi connectivity index (χ2v) is 7.49. The molecule has 0 radical (unpaired) electrons. The minimum atomic E-state index is -0.468. The molecular formula is C20H28N4O3. The second kappa shape index (κ2) is 8.35. The minimum absolute atomic E-state index is 0.0748. The fourth-order valence-corrected chi connectivity index (χ4v) is 4.02. The standard InChI is InChI=1S/C20H28N4O3/c25-19(24-12-9-20(10-13-24)26-14-15-27-20)17-6-7-18(23-22-17)21-11-8-16-4-2-1-3-5-16/h4,6-7H,1-3,5,8-15H2,(H,21,23). The smallest absolute Gasteiger partial charge is 0.274 e. The van der Waals surface area contributed by atoms with Gasteiger partial charge in [-0.15, -0.1) is 10.2 Å². The fraction of sp³-hybridized carbons (Fsp3) is 0.650. The molecule has 146 valence electrons. The predicted octanol–water partition coefficient (Wildman–Crippen LogP) is 2.76. The zero-order valence-corrected chi connectivity index (χ0v) is 15.8. The lowest BCUT2D eigenvalue weighted by molar-refractivity contribution is -0.181. The number of carbonyl (C=O) groups excluding carboxylic acids is 1.